The zero-order valence-corrected chi connectivity index (χ0v) is 10.6. The van der Waals surface area contributed by atoms with E-state index in [1.165, 1.54) is 32.4 Å². The number of ether oxygens (including phenoxy) is 1. The van der Waals surface area contributed by atoms with Crippen LogP contribution in [-0.2, 0) is 0 Å². The Balaban J connectivity index is 1.80. The highest BCUT2D eigenvalue weighted by Crippen LogP contribution is 2.52. The molecule has 0 radical (unpaired) electrons. The number of hydrogen-bond donors (Lipinski definition) is 1. The molecule has 0 aliphatic heterocycles. The highest BCUT2D eigenvalue weighted by atomic mass is 19.1. The molecule has 2 aliphatic rings. The summed E-state index contributed by atoms with van der Waals surface area (Å²) in [6.45, 7) is 0. The van der Waals surface area contributed by atoms with E-state index in [9.17, 15) is 9.50 Å². The molecule has 1 aromatic carbocycles. The third kappa shape index (κ3) is 1.91. The molecule has 4 atom stereocenters. The van der Waals surface area contributed by atoms with Crippen molar-refractivity contribution < 1.29 is 14.2 Å². The molecule has 0 saturated heterocycles. The van der Waals surface area contributed by atoms with E-state index in [-0.39, 0.29) is 5.75 Å². The Morgan fingerprint density at radius 1 is 1.33 bits per heavy atom. The molecule has 0 aromatic heterocycles. The van der Waals surface area contributed by atoms with E-state index >= 15 is 0 Å². The maximum Gasteiger partial charge on any atom is 0.165 e. The second kappa shape index (κ2) is 4.54. The molecule has 1 aromatic rings. The second-order valence-electron chi connectivity index (χ2n) is 5.68. The van der Waals surface area contributed by atoms with E-state index in [0.29, 0.717) is 17.4 Å². The summed E-state index contributed by atoms with van der Waals surface area (Å²) in [5, 5.41) is 10.4. The molecular weight excluding hydrogens is 231 g/mol. The van der Waals surface area contributed by atoms with E-state index < -0.39 is 11.9 Å². The Kier molecular flexibility index (Phi) is 3.02. The summed E-state index contributed by atoms with van der Waals surface area (Å²) >= 11 is 0. The maximum atomic E-state index is 13.6. The quantitative estimate of drug-likeness (QED) is 0.891. The molecule has 2 fully saturated rings. The lowest BCUT2D eigenvalue weighted by Gasteiger charge is -2.27. The predicted molar refractivity (Wildman–Crippen MR) is 66.8 cm³/mol. The molecule has 18 heavy (non-hydrogen) atoms. The van der Waals surface area contributed by atoms with Crippen LogP contribution in [0.3, 0.4) is 0 Å². The second-order valence-corrected chi connectivity index (χ2v) is 5.68. The van der Waals surface area contributed by atoms with Crippen molar-refractivity contribution in [1.82, 2.24) is 0 Å². The van der Waals surface area contributed by atoms with Crippen molar-refractivity contribution in [3.05, 3.63) is 29.6 Å². The van der Waals surface area contributed by atoms with Gasteiger partial charge in [0.2, 0.25) is 0 Å². The summed E-state index contributed by atoms with van der Waals surface area (Å²) in [7, 11) is 1.45. The Morgan fingerprint density at radius 3 is 2.72 bits per heavy atom. The molecule has 4 unspecified atom stereocenters. The van der Waals surface area contributed by atoms with Crippen LogP contribution in [-0.4, -0.2) is 12.2 Å². The van der Waals surface area contributed by atoms with Crippen LogP contribution in [0.15, 0.2) is 18.2 Å². The number of aliphatic hydroxyl groups excluding tert-OH is 1. The van der Waals surface area contributed by atoms with Crippen molar-refractivity contribution in [3.63, 3.8) is 0 Å². The van der Waals surface area contributed by atoms with Gasteiger partial charge in [0.15, 0.2) is 11.6 Å². The van der Waals surface area contributed by atoms with Gasteiger partial charge in [-0.05, 0) is 54.7 Å². The smallest absolute Gasteiger partial charge is 0.165 e. The van der Waals surface area contributed by atoms with Gasteiger partial charge in [-0.3, -0.25) is 0 Å². The standard InChI is InChI=1S/C15H19FO2/c1-18-14-5-4-11(8-13(14)16)15(17)12-7-9-2-3-10(12)6-9/h4-5,8-10,12,15,17H,2-3,6-7H2,1H3. The first-order chi connectivity index (χ1) is 8.69. The van der Waals surface area contributed by atoms with Crippen LogP contribution in [0.25, 0.3) is 0 Å². The van der Waals surface area contributed by atoms with Gasteiger partial charge in [0.05, 0.1) is 13.2 Å². The number of fused-ring (bicyclic) bond motifs is 2. The Hall–Kier alpha value is -1.09. The molecule has 0 spiro atoms. The normalized spacial score (nSPS) is 31.6. The van der Waals surface area contributed by atoms with E-state index in [2.05, 4.69) is 0 Å². The Morgan fingerprint density at radius 2 is 2.17 bits per heavy atom. The van der Waals surface area contributed by atoms with Crippen LogP contribution in [0.4, 0.5) is 4.39 Å². The minimum absolute atomic E-state index is 0.235. The van der Waals surface area contributed by atoms with Crippen molar-refractivity contribution in [1.29, 1.82) is 0 Å². The maximum absolute atomic E-state index is 13.6. The fraction of sp³-hybridized carbons (Fsp3) is 0.600. The molecule has 0 heterocycles. The molecule has 3 rings (SSSR count). The number of rotatable bonds is 3. The third-order valence-corrected chi connectivity index (χ3v) is 4.72. The first-order valence-electron chi connectivity index (χ1n) is 6.70. The lowest BCUT2D eigenvalue weighted by molar-refractivity contribution is 0.0742. The fourth-order valence-electron chi connectivity index (χ4n) is 3.79. The highest BCUT2D eigenvalue weighted by Gasteiger charge is 2.43. The van der Waals surface area contributed by atoms with Gasteiger partial charge in [-0.2, -0.15) is 0 Å². The molecule has 2 nitrogen and oxygen atoms in total. The molecule has 2 bridgehead atoms. The van der Waals surface area contributed by atoms with Crippen LogP contribution in [0, 0.1) is 23.6 Å². The topological polar surface area (TPSA) is 29.5 Å². The van der Waals surface area contributed by atoms with E-state index in [4.69, 9.17) is 4.74 Å². The van der Waals surface area contributed by atoms with Crippen LogP contribution in [0.1, 0.15) is 37.4 Å². The number of methoxy groups -OCH3 is 1. The summed E-state index contributed by atoms with van der Waals surface area (Å²) in [4.78, 5) is 0. The number of benzene rings is 1. The van der Waals surface area contributed by atoms with Crippen molar-refractivity contribution in [2.24, 2.45) is 17.8 Å². The zero-order valence-electron chi connectivity index (χ0n) is 10.6. The Bertz CT molecular complexity index is 446. The van der Waals surface area contributed by atoms with Crippen molar-refractivity contribution in [2.75, 3.05) is 7.11 Å². The van der Waals surface area contributed by atoms with Crippen LogP contribution >= 0.6 is 0 Å². The average molecular weight is 250 g/mol. The molecule has 98 valence electrons. The van der Waals surface area contributed by atoms with Gasteiger partial charge >= 0.3 is 0 Å². The van der Waals surface area contributed by atoms with Gasteiger partial charge < -0.3 is 9.84 Å². The van der Waals surface area contributed by atoms with Crippen LogP contribution < -0.4 is 4.74 Å². The lowest BCUT2D eigenvalue weighted by Crippen LogP contribution is -2.19. The third-order valence-electron chi connectivity index (χ3n) is 4.72. The molecule has 2 aliphatic carbocycles. The summed E-state index contributed by atoms with van der Waals surface area (Å²) in [5.74, 6) is 1.58. The van der Waals surface area contributed by atoms with Crippen molar-refractivity contribution >= 4 is 0 Å². The van der Waals surface area contributed by atoms with E-state index in [1.54, 1.807) is 12.1 Å². The molecule has 3 heteroatoms. The Labute approximate surface area is 107 Å². The number of halogens is 1. The largest absolute Gasteiger partial charge is 0.494 e. The first-order valence-corrected chi connectivity index (χ1v) is 6.70. The lowest BCUT2D eigenvalue weighted by atomic mass is 9.82. The van der Waals surface area contributed by atoms with Gasteiger partial charge in [0.1, 0.15) is 0 Å². The van der Waals surface area contributed by atoms with Crippen molar-refractivity contribution in [2.45, 2.75) is 31.8 Å². The fourth-order valence-corrected chi connectivity index (χ4v) is 3.79. The van der Waals surface area contributed by atoms with Gasteiger partial charge in [-0.1, -0.05) is 12.5 Å². The minimum atomic E-state index is -0.527. The summed E-state index contributed by atoms with van der Waals surface area (Å²) in [5.41, 5.74) is 0.686. The summed E-state index contributed by atoms with van der Waals surface area (Å²) in [6, 6.07) is 4.79. The summed E-state index contributed by atoms with van der Waals surface area (Å²) < 4.78 is 18.5. The van der Waals surface area contributed by atoms with Crippen LogP contribution in [0.5, 0.6) is 5.75 Å². The SMILES string of the molecule is COc1ccc(C(O)C2CC3CCC2C3)cc1F. The monoisotopic (exact) mass is 250 g/mol. The average Bonchev–Trinajstić information content (AvgIpc) is 3.00. The zero-order chi connectivity index (χ0) is 12.7. The number of aliphatic hydroxyl groups is 1. The van der Waals surface area contributed by atoms with Gasteiger partial charge in [0.25, 0.3) is 0 Å². The van der Waals surface area contributed by atoms with Gasteiger partial charge in [0, 0.05) is 0 Å². The summed E-state index contributed by atoms with van der Waals surface area (Å²) in [6.07, 6.45) is 4.36. The predicted octanol–water partition coefficient (Wildman–Crippen LogP) is 3.30. The van der Waals surface area contributed by atoms with Gasteiger partial charge in [-0.15, -0.1) is 0 Å². The molecular formula is C15H19FO2. The molecule has 2 saturated carbocycles. The number of hydrogen-bond acceptors (Lipinski definition) is 2. The van der Waals surface area contributed by atoms with E-state index in [1.807, 2.05) is 0 Å². The molecule has 0 amide bonds. The van der Waals surface area contributed by atoms with Crippen molar-refractivity contribution in [3.8, 4) is 5.75 Å². The van der Waals surface area contributed by atoms with Gasteiger partial charge in [-0.25, -0.2) is 4.39 Å². The van der Waals surface area contributed by atoms with Crippen LogP contribution in [0.2, 0.25) is 0 Å². The highest BCUT2D eigenvalue weighted by molar-refractivity contribution is 5.31. The molecule has 1 N–H and O–H groups in total. The first kappa shape index (κ1) is 12.0. The minimum Gasteiger partial charge on any atom is -0.494 e. The van der Waals surface area contributed by atoms with E-state index in [0.717, 1.165) is 12.3 Å².